The third-order valence-electron chi connectivity index (χ3n) is 4.12. The molecule has 2 unspecified atom stereocenters. The summed E-state index contributed by atoms with van der Waals surface area (Å²) in [5.74, 6) is 0.914. The standard InChI is InChI=1S/C16H25ClN2/c1-2-3-13-8-10-19(12-13)11-9-16(18)14-4-6-15(17)7-5-14/h4-7,13,16H,2-3,8-12,18H2,1H3. The molecule has 1 fully saturated rings. The van der Waals surface area contributed by atoms with Gasteiger partial charge in [-0.25, -0.2) is 0 Å². The van der Waals surface area contributed by atoms with E-state index in [1.165, 1.54) is 37.9 Å². The molecular formula is C16H25ClN2. The van der Waals surface area contributed by atoms with Gasteiger partial charge in [0.2, 0.25) is 0 Å². The van der Waals surface area contributed by atoms with Crippen LogP contribution in [0.15, 0.2) is 24.3 Å². The molecular weight excluding hydrogens is 256 g/mol. The van der Waals surface area contributed by atoms with Crippen molar-refractivity contribution in [2.75, 3.05) is 19.6 Å². The molecule has 2 atom stereocenters. The number of rotatable bonds is 6. The van der Waals surface area contributed by atoms with E-state index in [0.29, 0.717) is 0 Å². The molecule has 2 nitrogen and oxygen atoms in total. The van der Waals surface area contributed by atoms with Gasteiger partial charge in [-0.2, -0.15) is 0 Å². The van der Waals surface area contributed by atoms with Crippen molar-refractivity contribution in [2.24, 2.45) is 11.7 Å². The van der Waals surface area contributed by atoms with Crippen molar-refractivity contribution in [2.45, 2.75) is 38.6 Å². The number of benzene rings is 1. The summed E-state index contributed by atoms with van der Waals surface area (Å²) >= 11 is 5.89. The van der Waals surface area contributed by atoms with E-state index < -0.39 is 0 Å². The first kappa shape index (κ1) is 14.8. The molecule has 1 saturated heterocycles. The van der Waals surface area contributed by atoms with Gasteiger partial charge < -0.3 is 10.6 Å². The lowest BCUT2D eigenvalue weighted by Gasteiger charge is -2.19. The van der Waals surface area contributed by atoms with Crippen LogP contribution in [0, 0.1) is 5.92 Å². The highest BCUT2D eigenvalue weighted by Crippen LogP contribution is 2.23. The van der Waals surface area contributed by atoms with Crippen LogP contribution in [-0.4, -0.2) is 24.5 Å². The van der Waals surface area contributed by atoms with Crippen molar-refractivity contribution in [3.63, 3.8) is 0 Å². The zero-order valence-electron chi connectivity index (χ0n) is 11.8. The van der Waals surface area contributed by atoms with Crippen LogP contribution in [0.5, 0.6) is 0 Å². The van der Waals surface area contributed by atoms with Crippen LogP contribution in [0.2, 0.25) is 5.02 Å². The van der Waals surface area contributed by atoms with E-state index in [1.54, 1.807) is 0 Å². The predicted molar refractivity (Wildman–Crippen MR) is 82.5 cm³/mol. The third-order valence-corrected chi connectivity index (χ3v) is 4.37. The van der Waals surface area contributed by atoms with Crippen LogP contribution in [0.4, 0.5) is 0 Å². The highest BCUT2D eigenvalue weighted by Gasteiger charge is 2.21. The Kier molecular flexibility index (Phi) is 5.68. The Morgan fingerprint density at radius 3 is 2.79 bits per heavy atom. The van der Waals surface area contributed by atoms with Crippen molar-refractivity contribution in [1.29, 1.82) is 0 Å². The molecule has 0 spiro atoms. The minimum absolute atomic E-state index is 0.127. The topological polar surface area (TPSA) is 29.3 Å². The van der Waals surface area contributed by atoms with Gasteiger partial charge in [-0.1, -0.05) is 37.1 Å². The maximum Gasteiger partial charge on any atom is 0.0406 e. The highest BCUT2D eigenvalue weighted by molar-refractivity contribution is 6.30. The number of likely N-dealkylation sites (tertiary alicyclic amines) is 1. The average Bonchev–Trinajstić information content (AvgIpc) is 2.85. The molecule has 1 aliphatic rings. The van der Waals surface area contributed by atoms with Gasteiger partial charge in [0.15, 0.2) is 0 Å². The Morgan fingerprint density at radius 2 is 2.11 bits per heavy atom. The van der Waals surface area contributed by atoms with E-state index in [-0.39, 0.29) is 6.04 Å². The smallest absolute Gasteiger partial charge is 0.0406 e. The first-order valence-electron chi connectivity index (χ1n) is 7.42. The molecule has 3 heteroatoms. The van der Waals surface area contributed by atoms with Gasteiger partial charge in [-0.15, -0.1) is 0 Å². The minimum atomic E-state index is 0.127. The molecule has 106 valence electrons. The molecule has 0 radical (unpaired) electrons. The second-order valence-corrected chi connectivity index (χ2v) is 6.13. The molecule has 0 aliphatic carbocycles. The molecule has 0 amide bonds. The summed E-state index contributed by atoms with van der Waals surface area (Å²) in [6.45, 7) is 5.91. The van der Waals surface area contributed by atoms with Gasteiger partial charge in [-0.05, 0) is 56.0 Å². The number of nitrogens with zero attached hydrogens (tertiary/aromatic N) is 1. The zero-order chi connectivity index (χ0) is 13.7. The molecule has 0 saturated carbocycles. The largest absolute Gasteiger partial charge is 0.324 e. The molecule has 1 aromatic rings. The van der Waals surface area contributed by atoms with Crippen LogP contribution in [0.1, 0.15) is 44.2 Å². The van der Waals surface area contributed by atoms with Crippen molar-refractivity contribution < 1.29 is 0 Å². The van der Waals surface area contributed by atoms with Crippen molar-refractivity contribution in [1.82, 2.24) is 4.90 Å². The van der Waals surface area contributed by atoms with Crippen molar-refractivity contribution in [3.8, 4) is 0 Å². The first-order valence-corrected chi connectivity index (χ1v) is 7.80. The lowest BCUT2D eigenvalue weighted by molar-refractivity contribution is 0.306. The van der Waals surface area contributed by atoms with Crippen LogP contribution >= 0.6 is 11.6 Å². The maximum absolute atomic E-state index is 6.25. The molecule has 1 aromatic carbocycles. The Balaban J connectivity index is 1.75. The summed E-state index contributed by atoms with van der Waals surface area (Å²) in [6.07, 6.45) is 5.08. The summed E-state index contributed by atoms with van der Waals surface area (Å²) < 4.78 is 0. The van der Waals surface area contributed by atoms with Gasteiger partial charge in [0.05, 0.1) is 0 Å². The van der Waals surface area contributed by atoms with Crippen LogP contribution in [0.25, 0.3) is 0 Å². The quantitative estimate of drug-likeness (QED) is 0.858. The number of halogens is 1. The molecule has 1 heterocycles. The zero-order valence-corrected chi connectivity index (χ0v) is 12.6. The van der Waals surface area contributed by atoms with E-state index in [9.17, 15) is 0 Å². The van der Waals surface area contributed by atoms with E-state index in [1.807, 2.05) is 24.3 Å². The first-order chi connectivity index (χ1) is 9.19. The second kappa shape index (κ2) is 7.28. The summed E-state index contributed by atoms with van der Waals surface area (Å²) in [4.78, 5) is 2.57. The lowest BCUT2D eigenvalue weighted by Crippen LogP contribution is -2.25. The van der Waals surface area contributed by atoms with Crippen LogP contribution in [0.3, 0.4) is 0 Å². The van der Waals surface area contributed by atoms with Gasteiger partial charge >= 0.3 is 0 Å². The normalized spacial score (nSPS) is 21.7. The minimum Gasteiger partial charge on any atom is -0.324 e. The summed E-state index contributed by atoms with van der Waals surface area (Å²) in [7, 11) is 0. The van der Waals surface area contributed by atoms with E-state index >= 15 is 0 Å². The number of hydrogen-bond donors (Lipinski definition) is 1. The molecule has 2 N–H and O–H groups in total. The second-order valence-electron chi connectivity index (χ2n) is 5.69. The van der Waals surface area contributed by atoms with E-state index in [4.69, 9.17) is 17.3 Å². The molecule has 19 heavy (non-hydrogen) atoms. The third kappa shape index (κ3) is 4.48. The van der Waals surface area contributed by atoms with Crippen LogP contribution in [-0.2, 0) is 0 Å². The fourth-order valence-electron chi connectivity index (χ4n) is 2.96. The highest BCUT2D eigenvalue weighted by atomic mass is 35.5. The maximum atomic E-state index is 6.25. The monoisotopic (exact) mass is 280 g/mol. The SMILES string of the molecule is CCCC1CCN(CCC(N)c2ccc(Cl)cc2)C1. The fraction of sp³-hybridized carbons (Fsp3) is 0.625. The van der Waals surface area contributed by atoms with Crippen molar-refractivity contribution in [3.05, 3.63) is 34.9 Å². The Bertz CT molecular complexity index is 377. The summed E-state index contributed by atoms with van der Waals surface area (Å²) in [6, 6.07) is 8.05. The molecule has 2 rings (SSSR count). The van der Waals surface area contributed by atoms with Gasteiger partial charge in [0.1, 0.15) is 0 Å². The summed E-state index contributed by atoms with van der Waals surface area (Å²) in [5.41, 5.74) is 7.44. The van der Waals surface area contributed by atoms with Crippen LogP contribution < -0.4 is 5.73 Å². The number of nitrogens with two attached hydrogens (primary N) is 1. The Hall–Kier alpha value is -0.570. The fourth-order valence-corrected chi connectivity index (χ4v) is 3.08. The molecule has 1 aliphatic heterocycles. The van der Waals surface area contributed by atoms with Gasteiger partial charge in [0, 0.05) is 17.6 Å². The summed E-state index contributed by atoms with van der Waals surface area (Å²) in [5, 5.41) is 0.776. The molecule has 0 aromatic heterocycles. The van der Waals surface area contributed by atoms with E-state index in [2.05, 4.69) is 11.8 Å². The Labute approximate surface area is 121 Å². The predicted octanol–water partition coefficient (Wildman–Crippen LogP) is 3.85. The Morgan fingerprint density at radius 1 is 1.37 bits per heavy atom. The van der Waals surface area contributed by atoms with Crippen molar-refractivity contribution >= 4 is 11.6 Å². The van der Waals surface area contributed by atoms with Gasteiger partial charge in [0.25, 0.3) is 0 Å². The average molecular weight is 281 g/mol. The van der Waals surface area contributed by atoms with E-state index in [0.717, 1.165) is 23.9 Å². The molecule has 0 bridgehead atoms. The van der Waals surface area contributed by atoms with Gasteiger partial charge in [-0.3, -0.25) is 0 Å². The number of hydrogen-bond acceptors (Lipinski definition) is 2. The lowest BCUT2D eigenvalue weighted by atomic mass is 10.0.